The minimum absolute atomic E-state index is 0.214. The predicted octanol–water partition coefficient (Wildman–Crippen LogP) is 2.89. The second kappa shape index (κ2) is 3.66. The Bertz CT molecular complexity index is 486. The van der Waals surface area contributed by atoms with E-state index in [1.165, 1.54) is 6.07 Å². The van der Waals surface area contributed by atoms with Crippen molar-refractivity contribution < 1.29 is 4.39 Å². The lowest BCUT2D eigenvalue weighted by atomic mass is 9.99. The van der Waals surface area contributed by atoms with E-state index >= 15 is 0 Å². The van der Waals surface area contributed by atoms with Crippen LogP contribution < -0.4 is 5.73 Å². The summed E-state index contributed by atoms with van der Waals surface area (Å²) in [6.45, 7) is 4.60. The summed E-state index contributed by atoms with van der Waals surface area (Å²) >= 11 is 0. The minimum atomic E-state index is -0.214. The fourth-order valence-electron chi connectivity index (χ4n) is 2.08. The van der Waals surface area contributed by atoms with Crippen molar-refractivity contribution >= 4 is 10.9 Å². The number of para-hydroxylation sites is 1. The Morgan fingerprint density at radius 2 is 2.13 bits per heavy atom. The molecule has 3 heteroatoms. The average Bonchev–Trinajstić information content (AvgIpc) is 2.57. The molecule has 0 aliphatic carbocycles. The van der Waals surface area contributed by atoms with Gasteiger partial charge in [0.25, 0.3) is 0 Å². The molecule has 2 aromatic rings. The van der Waals surface area contributed by atoms with Gasteiger partial charge in [0.1, 0.15) is 5.82 Å². The lowest BCUT2D eigenvalue weighted by Gasteiger charge is -2.05. The van der Waals surface area contributed by atoms with E-state index in [0.29, 0.717) is 18.0 Å². The molecule has 0 aliphatic rings. The maximum Gasteiger partial charge on any atom is 0.147 e. The predicted molar refractivity (Wildman–Crippen MR) is 60.2 cm³/mol. The van der Waals surface area contributed by atoms with E-state index in [0.717, 1.165) is 16.6 Å². The van der Waals surface area contributed by atoms with Gasteiger partial charge in [-0.15, -0.1) is 0 Å². The third kappa shape index (κ3) is 1.53. The molecule has 80 valence electrons. The van der Waals surface area contributed by atoms with Crippen LogP contribution in [0.1, 0.15) is 31.0 Å². The molecule has 0 saturated carbocycles. The van der Waals surface area contributed by atoms with Crippen LogP contribution >= 0.6 is 0 Å². The van der Waals surface area contributed by atoms with Crippen LogP contribution in [0, 0.1) is 5.82 Å². The van der Waals surface area contributed by atoms with Gasteiger partial charge in [0.15, 0.2) is 0 Å². The standard InChI is InChI=1S/C12H15FN2/c1-7(2)11-8-4-3-5-9(13)12(8)15-10(11)6-14/h3-5,7,15H,6,14H2,1-2H3. The molecule has 0 radical (unpaired) electrons. The Kier molecular flexibility index (Phi) is 2.49. The Morgan fingerprint density at radius 1 is 1.40 bits per heavy atom. The maximum atomic E-state index is 13.5. The van der Waals surface area contributed by atoms with Crippen molar-refractivity contribution in [2.45, 2.75) is 26.3 Å². The highest BCUT2D eigenvalue weighted by atomic mass is 19.1. The number of fused-ring (bicyclic) bond motifs is 1. The van der Waals surface area contributed by atoms with Crippen LogP contribution in [0.4, 0.5) is 4.39 Å². The van der Waals surface area contributed by atoms with Crippen LogP contribution in [-0.2, 0) is 6.54 Å². The van der Waals surface area contributed by atoms with Crippen molar-refractivity contribution in [3.05, 3.63) is 35.3 Å². The van der Waals surface area contributed by atoms with E-state index in [2.05, 4.69) is 18.8 Å². The molecule has 1 aromatic carbocycles. The van der Waals surface area contributed by atoms with Gasteiger partial charge in [0.05, 0.1) is 5.52 Å². The second-order valence-corrected chi connectivity index (χ2v) is 4.04. The van der Waals surface area contributed by atoms with Gasteiger partial charge in [0, 0.05) is 17.6 Å². The van der Waals surface area contributed by atoms with Gasteiger partial charge in [-0.25, -0.2) is 4.39 Å². The average molecular weight is 206 g/mol. The van der Waals surface area contributed by atoms with Crippen LogP contribution in [0.5, 0.6) is 0 Å². The zero-order valence-electron chi connectivity index (χ0n) is 8.97. The highest BCUT2D eigenvalue weighted by Gasteiger charge is 2.15. The fourth-order valence-corrected chi connectivity index (χ4v) is 2.08. The van der Waals surface area contributed by atoms with Crippen LogP contribution in [-0.4, -0.2) is 4.98 Å². The molecule has 2 nitrogen and oxygen atoms in total. The number of hydrogen-bond acceptors (Lipinski definition) is 1. The van der Waals surface area contributed by atoms with Crippen molar-refractivity contribution in [2.75, 3.05) is 0 Å². The molecule has 0 fully saturated rings. The molecule has 3 N–H and O–H groups in total. The second-order valence-electron chi connectivity index (χ2n) is 4.04. The van der Waals surface area contributed by atoms with Crippen molar-refractivity contribution in [3.63, 3.8) is 0 Å². The van der Waals surface area contributed by atoms with Crippen molar-refractivity contribution in [1.82, 2.24) is 4.98 Å². The van der Waals surface area contributed by atoms with E-state index in [4.69, 9.17) is 5.73 Å². The van der Waals surface area contributed by atoms with Gasteiger partial charge in [-0.1, -0.05) is 26.0 Å². The number of halogens is 1. The SMILES string of the molecule is CC(C)c1c(CN)[nH]c2c(F)cccc12. The number of benzene rings is 1. The first-order valence-electron chi connectivity index (χ1n) is 5.14. The molecular formula is C12H15FN2. The summed E-state index contributed by atoms with van der Waals surface area (Å²) < 4.78 is 13.5. The number of nitrogens with two attached hydrogens (primary N) is 1. The van der Waals surface area contributed by atoms with E-state index in [9.17, 15) is 4.39 Å². The number of rotatable bonds is 2. The third-order valence-electron chi connectivity index (χ3n) is 2.69. The Balaban J connectivity index is 2.80. The summed E-state index contributed by atoms with van der Waals surface area (Å²) in [6.07, 6.45) is 0. The van der Waals surface area contributed by atoms with Crippen molar-refractivity contribution in [3.8, 4) is 0 Å². The lowest BCUT2D eigenvalue weighted by Crippen LogP contribution is -2.01. The molecule has 0 aliphatic heterocycles. The largest absolute Gasteiger partial charge is 0.355 e. The number of hydrogen-bond donors (Lipinski definition) is 2. The van der Waals surface area contributed by atoms with Crippen LogP contribution in [0.25, 0.3) is 10.9 Å². The number of H-pyrrole nitrogens is 1. The Labute approximate surface area is 88.3 Å². The summed E-state index contributed by atoms with van der Waals surface area (Å²) in [7, 11) is 0. The highest BCUT2D eigenvalue weighted by molar-refractivity contribution is 5.85. The highest BCUT2D eigenvalue weighted by Crippen LogP contribution is 2.30. The third-order valence-corrected chi connectivity index (χ3v) is 2.69. The quantitative estimate of drug-likeness (QED) is 0.779. The van der Waals surface area contributed by atoms with Gasteiger partial charge < -0.3 is 10.7 Å². The molecule has 2 rings (SSSR count). The normalized spacial score (nSPS) is 11.5. The number of aromatic nitrogens is 1. The molecule has 0 bridgehead atoms. The van der Waals surface area contributed by atoms with Gasteiger partial charge in [-0.05, 0) is 17.5 Å². The van der Waals surface area contributed by atoms with E-state index in [1.807, 2.05) is 6.07 Å². The zero-order valence-corrected chi connectivity index (χ0v) is 8.97. The molecular weight excluding hydrogens is 191 g/mol. The van der Waals surface area contributed by atoms with E-state index in [1.54, 1.807) is 6.07 Å². The Morgan fingerprint density at radius 3 is 2.73 bits per heavy atom. The van der Waals surface area contributed by atoms with E-state index in [-0.39, 0.29) is 5.82 Å². The van der Waals surface area contributed by atoms with E-state index < -0.39 is 0 Å². The molecule has 15 heavy (non-hydrogen) atoms. The first-order chi connectivity index (χ1) is 7.15. The Hall–Kier alpha value is -1.35. The molecule has 1 aromatic heterocycles. The zero-order chi connectivity index (χ0) is 11.0. The summed E-state index contributed by atoms with van der Waals surface area (Å²) in [5.74, 6) is 0.133. The number of aromatic amines is 1. The minimum Gasteiger partial charge on any atom is -0.355 e. The van der Waals surface area contributed by atoms with Crippen LogP contribution in [0.2, 0.25) is 0 Å². The molecule has 0 amide bonds. The first kappa shape index (κ1) is 10.2. The lowest BCUT2D eigenvalue weighted by molar-refractivity contribution is 0.637. The smallest absolute Gasteiger partial charge is 0.147 e. The van der Waals surface area contributed by atoms with Gasteiger partial charge in [0.2, 0.25) is 0 Å². The van der Waals surface area contributed by atoms with Gasteiger partial charge >= 0.3 is 0 Å². The van der Waals surface area contributed by atoms with Gasteiger partial charge in [-0.2, -0.15) is 0 Å². The summed E-state index contributed by atoms with van der Waals surface area (Å²) in [5, 5.41) is 0.949. The summed E-state index contributed by atoms with van der Waals surface area (Å²) in [4.78, 5) is 3.06. The maximum absolute atomic E-state index is 13.5. The van der Waals surface area contributed by atoms with Crippen molar-refractivity contribution in [2.24, 2.45) is 5.73 Å². The number of nitrogens with one attached hydrogen (secondary N) is 1. The molecule has 0 spiro atoms. The first-order valence-corrected chi connectivity index (χ1v) is 5.14. The molecule has 0 atom stereocenters. The van der Waals surface area contributed by atoms with Gasteiger partial charge in [-0.3, -0.25) is 0 Å². The molecule has 0 saturated heterocycles. The van der Waals surface area contributed by atoms with Crippen LogP contribution in [0.3, 0.4) is 0 Å². The van der Waals surface area contributed by atoms with Crippen LogP contribution in [0.15, 0.2) is 18.2 Å². The molecule has 0 unspecified atom stereocenters. The summed E-state index contributed by atoms with van der Waals surface area (Å²) in [5.41, 5.74) is 8.29. The topological polar surface area (TPSA) is 41.8 Å². The summed E-state index contributed by atoms with van der Waals surface area (Å²) in [6, 6.07) is 5.13. The molecule has 1 heterocycles. The van der Waals surface area contributed by atoms with Crippen molar-refractivity contribution in [1.29, 1.82) is 0 Å². The fraction of sp³-hybridized carbons (Fsp3) is 0.333. The monoisotopic (exact) mass is 206 g/mol.